The van der Waals surface area contributed by atoms with Crippen LogP contribution in [0, 0.1) is 0 Å². The van der Waals surface area contributed by atoms with Gasteiger partial charge in [-0.05, 0) is 0 Å². The molecule has 9 rings (SSSR count). The molecule has 41 N–H and O–H groups in total. The van der Waals surface area contributed by atoms with E-state index in [1.165, 1.54) is 0 Å². The average Bonchev–Trinajstić information content (AvgIpc) is 0.748. The van der Waals surface area contributed by atoms with Crippen molar-refractivity contribution in [3.05, 3.63) is 0 Å². The first-order valence-electron chi connectivity index (χ1n) is 42.7. The number of hydrogen-bond donors (Lipinski definition) is 38. The summed E-state index contributed by atoms with van der Waals surface area (Å²) in [6.07, 6.45) is -122. The highest BCUT2D eigenvalue weighted by Crippen LogP contribution is 2.62. The Kier molecular flexibility index (Phi) is 46.0. The van der Waals surface area contributed by atoms with Crippen LogP contribution in [0.2, 0.25) is 0 Å². The summed E-state index contributed by atoms with van der Waals surface area (Å²) in [5.74, 6) is -7.18. The Bertz CT molecular complexity index is 4140. The normalized spacial score (nSPS) is 44.1. The smallest absolute Gasteiger partial charge is 0.477 e. The summed E-state index contributed by atoms with van der Waals surface area (Å²) in [6.45, 7) is -16.7. The van der Waals surface area contributed by atoms with Crippen LogP contribution in [-0.2, 0) is 149 Å². The van der Waals surface area contributed by atoms with Crippen LogP contribution in [-0.4, -0.2) is 577 Å². The maximum absolute atomic E-state index is 14.1. The number of hydrogen-bond acceptors (Lipinski definition) is 62. The number of nitrogens with one attached hydrogen (secondary N) is 1. The molecular weight excluding hydrogens is 2070 g/mol. The highest BCUT2D eigenvalue weighted by Gasteiger charge is 2.66. The average molecular weight is 2200 g/mol. The quantitative estimate of drug-likeness (QED) is 0.0252. The second-order valence-electron chi connectivity index (χ2n) is 33.0. The number of aliphatic hydroxyl groups excluding tert-OH is 26. The first-order chi connectivity index (χ1) is 66.4. The van der Waals surface area contributed by atoms with Crippen LogP contribution in [0.3, 0.4) is 0 Å². The van der Waals surface area contributed by atoms with E-state index in [-0.39, 0.29) is 0 Å². The van der Waals surface area contributed by atoms with E-state index >= 15 is 0 Å². The molecule has 0 aromatic rings. The van der Waals surface area contributed by atoms with Gasteiger partial charge in [-0.25, -0.2) is 27.6 Å². The molecule has 0 bridgehead atoms. The van der Waals surface area contributed by atoms with Crippen molar-refractivity contribution in [3.63, 3.8) is 0 Å². The second-order valence-corrected chi connectivity index (χ2v) is 40.1. The lowest BCUT2D eigenvalue weighted by Gasteiger charge is -2.53. The highest BCUT2D eigenvalue weighted by atomic mass is 31.3. The summed E-state index contributed by atoms with van der Waals surface area (Å²) in [4.78, 5) is 88.1. The molecule has 9 heterocycles. The largest absolute Gasteiger partial charge is 0.481 e. The van der Waals surface area contributed by atoms with Gasteiger partial charge in [-0.2, -0.15) is 4.31 Å². The minimum atomic E-state index is -6.46. The summed E-state index contributed by atoms with van der Waals surface area (Å²) < 4.78 is 205. The van der Waals surface area contributed by atoms with Gasteiger partial charge in [0.1, 0.15) is 238 Å². The zero-order valence-corrected chi connectivity index (χ0v) is 78.2. The predicted molar refractivity (Wildman–Crippen MR) is 431 cm³/mol. The molecule has 832 valence electrons. The Hall–Kier alpha value is -2.35. The number of carbonyl (C=O) groups is 2. The fourth-order valence-electron chi connectivity index (χ4n) is 16.1. The SMILES string of the molecule is CC(=O)N[C@H]1[C@H](O[C@H]2[C@@H](O)[C@@H](CO)O[C@H](O[C@@H]3[C@H](O)[C@@H](O)[C@H](O[C@H]4[C@H](O)[C@@H](O)[C@H](O[C@@H]5[C@@H](O[C@@H]6[C@@H](O[C@@H]7[C@H](O)[C@@H](O[C@H]8[C@@H]([C@H](O)CO)O[C@@](O)(C(=O)O)C[C@H]8OP(=O)(O)OP(=O)(O)OCCN)O[C@H]([C@@H](O)CO)[C@H]7O[C@@H]7O[C@H](COP(=O)(O)O)[C@@H](O)[C@H](O)[C@H]7O)O[C@H]([C@H](CO)OP(=O)(O)OCCN)[C@@H](O)[C@@H]6O)O[C@H]([C@@H](O)CO)[C@@H](O)[C@@H]5OP(=O)(O)OCCN)O[C@@H]4CO)O[C@@H]3CO)[C@@H]2O)O[C@H](CO)[C@H](O)[C@@H]1O. The maximum Gasteiger partial charge on any atom is 0.481 e. The van der Waals surface area contributed by atoms with Crippen molar-refractivity contribution < 1.29 is 321 Å². The van der Waals surface area contributed by atoms with Crippen molar-refractivity contribution in [2.75, 3.05) is 98.9 Å². The Labute approximate surface area is 798 Å². The van der Waals surface area contributed by atoms with Crippen LogP contribution < -0.4 is 22.5 Å². The number of rotatable bonds is 50. The van der Waals surface area contributed by atoms with Gasteiger partial charge in [-0.1, -0.05) is 0 Å². The molecule has 70 nitrogen and oxygen atoms in total. The Balaban J connectivity index is 1.14. The van der Waals surface area contributed by atoms with Crippen molar-refractivity contribution in [1.29, 1.82) is 0 Å². The molecule has 0 saturated carbocycles. The highest BCUT2D eigenvalue weighted by molar-refractivity contribution is 7.61. The molecule has 9 aliphatic rings. The Morgan fingerprint density at radius 1 is 0.366 bits per heavy atom. The third kappa shape index (κ3) is 30.2. The van der Waals surface area contributed by atoms with Gasteiger partial charge < -0.3 is 275 Å². The molecule has 1 amide bonds. The molecule has 9 fully saturated rings. The van der Waals surface area contributed by atoms with Gasteiger partial charge in [0.05, 0.1) is 79.3 Å². The molecule has 0 aliphatic carbocycles. The number of phosphoric acid groups is 5. The van der Waals surface area contributed by atoms with Crippen LogP contribution in [0.4, 0.5) is 0 Å². The van der Waals surface area contributed by atoms with E-state index in [4.69, 9.17) is 120 Å². The Morgan fingerprint density at radius 2 is 0.768 bits per heavy atom. The maximum atomic E-state index is 14.1. The zero-order chi connectivity index (χ0) is 106. The van der Waals surface area contributed by atoms with Crippen LogP contribution in [0.5, 0.6) is 0 Å². The summed E-state index contributed by atoms with van der Waals surface area (Å²) >= 11 is 0. The minimum absolute atomic E-state index is 0.572. The first kappa shape index (κ1) is 123. The van der Waals surface area contributed by atoms with Gasteiger partial charge in [-0.3, -0.25) is 36.5 Å². The van der Waals surface area contributed by atoms with Gasteiger partial charge in [0.2, 0.25) is 5.91 Å². The molecule has 4 unspecified atom stereocenters. The number of aliphatic carboxylic acids is 1. The van der Waals surface area contributed by atoms with E-state index in [9.17, 15) is 205 Å². The monoisotopic (exact) mass is 2190 g/mol. The molecule has 0 aromatic heterocycles. The number of aliphatic hydroxyl groups is 27. The van der Waals surface area contributed by atoms with E-state index in [0.717, 1.165) is 6.92 Å². The van der Waals surface area contributed by atoms with Crippen LogP contribution in [0.25, 0.3) is 0 Å². The van der Waals surface area contributed by atoms with E-state index in [1.807, 2.05) is 0 Å². The number of phosphoric ester groups is 5. The van der Waals surface area contributed by atoms with Gasteiger partial charge in [-0.15, -0.1) is 0 Å². The summed E-state index contributed by atoms with van der Waals surface area (Å²) in [5.41, 5.74) is 16.3. The molecule has 0 spiro atoms. The molecule has 0 radical (unpaired) electrons. The van der Waals surface area contributed by atoms with Crippen molar-refractivity contribution in [3.8, 4) is 0 Å². The number of carbonyl (C=O) groups excluding carboxylic acids is 1. The van der Waals surface area contributed by atoms with Gasteiger partial charge >= 0.3 is 45.1 Å². The lowest BCUT2D eigenvalue weighted by molar-refractivity contribution is -0.420. The van der Waals surface area contributed by atoms with Crippen molar-refractivity contribution in [1.82, 2.24) is 5.32 Å². The number of nitrogens with two attached hydrogens (primary N) is 3. The van der Waals surface area contributed by atoms with E-state index in [1.54, 1.807) is 0 Å². The number of amides is 1. The van der Waals surface area contributed by atoms with Crippen LogP contribution in [0.1, 0.15) is 13.3 Å². The van der Waals surface area contributed by atoms with Crippen molar-refractivity contribution in [2.24, 2.45) is 17.2 Å². The summed E-state index contributed by atoms with van der Waals surface area (Å²) in [6, 6.07) is -1.72. The van der Waals surface area contributed by atoms with Crippen LogP contribution in [0.15, 0.2) is 0 Å². The zero-order valence-electron chi connectivity index (χ0n) is 73.7. The fourth-order valence-corrected chi connectivity index (χ4v) is 20.6. The van der Waals surface area contributed by atoms with Crippen LogP contribution >= 0.6 is 39.1 Å². The number of ether oxygens (including phenoxy) is 17. The van der Waals surface area contributed by atoms with E-state index in [0.29, 0.717) is 0 Å². The molecule has 142 heavy (non-hydrogen) atoms. The third-order valence-corrected chi connectivity index (χ3v) is 28.3. The third-order valence-electron chi connectivity index (χ3n) is 23.0. The summed E-state index contributed by atoms with van der Waals surface area (Å²) in [7, 11) is -29.7. The fraction of sp³-hybridized carbons (Fsp3) is 0.970. The van der Waals surface area contributed by atoms with Gasteiger partial charge in [0.15, 0.2) is 50.3 Å². The second kappa shape index (κ2) is 53.0. The molecule has 52 atom stereocenters. The van der Waals surface area contributed by atoms with Gasteiger partial charge in [0, 0.05) is 33.0 Å². The van der Waals surface area contributed by atoms with Crippen molar-refractivity contribution >= 4 is 51.0 Å². The molecule has 75 heteroatoms. The number of carboxylic acids is 1. The Morgan fingerprint density at radius 3 is 1.28 bits per heavy atom. The minimum Gasteiger partial charge on any atom is -0.477 e. The predicted octanol–water partition coefficient (Wildman–Crippen LogP) is -22.0. The topological polar surface area (TPSA) is 1130 Å². The molecule has 0 aromatic carbocycles. The first-order valence-corrected chi connectivity index (χ1v) is 50.3. The molecule has 9 saturated heterocycles. The van der Waals surface area contributed by atoms with Gasteiger partial charge in [0.25, 0.3) is 5.79 Å². The van der Waals surface area contributed by atoms with E-state index in [2.05, 4.69) is 18.7 Å². The van der Waals surface area contributed by atoms with Crippen molar-refractivity contribution in [2.45, 2.75) is 307 Å². The molecular formula is C67H123N4O66P5. The standard InChI is InChI=1S/C67H123N4O66P5/c1-18(80)71-29-33(87)30(84)23(12-75)117-58(29)128-52-32(86)24(13-76)118-62(43(52)97)125-49-26(15-78)119-60(40(94)37(49)91)124-48-25(14-77)120-61(41(95)38(48)92)132-57-54(136-140(107,108)114-6-3-69)42(96)45(19(81)9-72)122-65(57)130-55-36(90)35(89)50(27(16-79)135-139(105,106)113-5-2-68)126-64(55)129-53-44(98)63(123-46(20(82)10-73)56(53)131-59-39(93)34(88)31(85)28(121-59)17-116-138(102,103)104)127-51-22(134-142(111,112)137-141(109,110)115-7-4-70)8-67(101,66(99)100)133-47(51)21(83)11-74/h19-65,72-79,81-98,101H,2-17,68-70H2,1H3,(H,71,80)(H,99,100)(H,105,106)(H,107,108)(H,109,110)(H,111,112)(H2,102,103,104)/t19-,20-,21+,22+,23+,24+,25+,26+,27-,28+,29+,30-,31+,32-,33+,34-,35-,36-,37+,38+,39+,40+,41+,42+,43+,44-,45+,46+,47+,48+,49-,50+,51+,52-,53+,54-,55-,56+,57-,58-,59-,60-,61-,62+,63+,64+,65+,67+/m0/s1. The lowest BCUT2D eigenvalue weighted by Crippen LogP contribution is -2.71. The number of carboxylic acid groups (broad SMARTS) is 1. The molecule has 9 aliphatic heterocycles. The lowest BCUT2D eigenvalue weighted by atomic mass is 9.91. The summed E-state index contributed by atoms with van der Waals surface area (Å²) in [5, 5.41) is 321. The van der Waals surface area contributed by atoms with E-state index < -0.39 is 450 Å².